The second kappa shape index (κ2) is 5.92. The van der Waals surface area contributed by atoms with Gasteiger partial charge in [-0.15, -0.1) is 0 Å². The van der Waals surface area contributed by atoms with Crippen molar-refractivity contribution < 1.29 is 9.90 Å². The molecule has 0 heterocycles. The van der Waals surface area contributed by atoms with Crippen LogP contribution in [0.2, 0.25) is 0 Å². The van der Waals surface area contributed by atoms with Crippen LogP contribution in [0.4, 0.5) is 0 Å². The van der Waals surface area contributed by atoms with E-state index in [1.165, 1.54) is 0 Å². The highest BCUT2D eigenvalue weighted by molar-refractivity contribution is 5.66. The van der Waals surface area contributed by atoms with Crippen LogP contribution in [-0.2, 0) is 4.79 Å². The monoisotopic (exact) mass is 157 g/mol. The molecule has 0 saturated carbocycles. The minimum absolute atomic E-state index is 0.244. The topological polar surface area (TPSA) is 63.3 Å². The van der Waals surface area contributed by atoms with Gasteiger partial charge in [0.05, 0.1) is 0 Å². The Bertz CT molecular complexity index is 152. The largest absolute Gasteiger partial charge is 0.481 e. The van der Waals surface area contributed by atoms with Gasteiger partial charge >= 0.3 is 5.97 Å². The van der Waals surface area contributed by atoms with Crippen LogP contribution in [0.15, 0.2) is 11.6 Å². The van der Waals surface area contributed by atoms with Gasteiger partial charge in [0.25, 0.3) is 0 Å². The molecule has 0 atom stereocenters. The molecular weight excluding hydrogens is 142 g/mol. The van der Waals surface area contributed by atoms with Gasteiger partial charge in [0.2, 0.25) is 0 Å². The van der Waals surface area contributed by atoms with E-state index in [9.17, 15) is 4.79 Å². The third kappa shape index (κ3) is 7.06. The molecule has 0 fully saturated rings. The Morgan fingerprint density at radius 2 is 2.27 bits per heavy atom. The molecule has 0 aliphatic heterocycles. The van der Waals surface area contributed by atoms with E-state index in [4.69, 9.17) is 10.8 Å². The van der Waals surface area contributed by atoms with E-state index in [-0.39, 0.29) is 6.42 Å². The zero-order chi connectivity index (χ0) is 8.69. The van der Waals surface area contributed by atoms with Crippen molar-refractivity contribution in [2.45, 2.75) is 26.2 Å². The summed E-state index contributed by atoms with van der Waals surface area (Å²) in [7, 11) is 0. The maximum absolute atomic E-state index is 10.1. The van der Waals surface area contributed by atoms with Gasteiger partial charge < -0.3 is 10.8 Å². The predicted octanol–water partition coefficient (Wildman–Crippen LogP) is 1.15. The average Bonchev–Trinajstić information content (AvgIpc) is 1.97. The molecule has 0 aromatic rings. The first-order valence-corrected chi connectivity index (χ1v) is 3.74. The first kappa shape index (κ1) is 10.2. The quantitative estimate of drug-likeness (QED) is 0.464. The number of hydrogen-bond acceptors (Lipinski definition) is 2. The number of hydrogen-bond donors (Lipinski definition) is 2. The van der Waals surface area contributed by atoms with Crippen molar-refractivity contribution in [2.75, 3.05) is 6.54 Å². The van der Waals surface area contributed by atoms with Crippen molar-refractivity contribution >= 4 is 5.97 Å². The van der Waals surface area contributed by atoms with Gasteiger partial charge in [0, 0.05) is 13.0 Å². The highest BCUT2D eigenvalue weighted by atomic mass is 16.4. The van der Waals surface area contributed by atoms with Gasteiger partial charge in [-0.2, -0.15) is 0 Å². The predicted molar refractivity (Wildman–Crippen MR) is 44.3 cm³/mol. The minimum Gasteiger partial charge on any atom is -0.481 e. The van der Waals surface area contributed by atoms with Gasteiger partial charge in [-0.25, -0.2) is 0 Å². The van der Waals surface area contributed by atoms with Crippen molar-refractivity contribution in [3.63, 3.8) is 0 Å². The normalized spacial score (nSPS) is 11.6. The molecule has 64 valence electrons. The lowest BCUT2D eigenvalue weighted by Crippen LogP contribution is -1.99. The third-order valence-electron chi connectivity index (χ3n) is 1.41. The second-order valence-electron chi connectivity index (χ2n) is 2.54. The fraction of sp³-hybridized carbons (Fsp3) is 0.625. The fourth-order valence-corrected chi connectivity index (χ4v) is 0.685. The van der Waals surface area contributed by atoms with Crippen LogP contribution in [0, 0.1) is 0 Å². The first-order valence-electron chi connectivity index (χ1n) is 3.74. The van der Waals surface area contributed by atoms with E-state index in [2.05, 4.69) is 0 Å². The Kier molecular flexibility index (Phi) is 5.47. The van der Waals surface area contributed by atoms with Gasteiger partial charge in [-0.05, 0) is 19.8 Å². The molecule has 0 radical (unpaired) electrons. The van der Waals surface area contributed by atoms with Gasteiger partial charge in [-0.3, -0.25) is 4.79 Å². The molecule has 0 aliphatic rings. The van der Waals surface area contributed by atoms with Crippen LogP contribution in [0.25, 0.3) is 0 Å². The summed E-state index contributed by atoms with van der Waals surface area (Å²) >= 11 is 0. The number of carboxylic acid groups (broad SMARTS) is 1. The van der Waals surface area contributed by atoms with Crippen LogP contribution in [-0.4, -0.2) is 17.6 Å². The van der Waals surface area contributed by atoms with E-state index in [1.807, 2.05) is 13.0 Å². The second-order valence-corrected chi connectivity index (χ2v) is 2.54. The highest BCUT2D eigenvalue weighted by Crippen LogP contribution is 1.99. The van der Waals surface area contributed by atoms with Gasteiger partial charge in [-0.1, -0.05) is 11.6 Å². The summed E-state index contributed by atoms with van der Waals surface area (Å²) in [5.41, 5.74) is 6.45. The van der Waals surface area contributed by atoms with Crippen molar-refractivity contribution in [1.82, 2.24) is 0 Å². The summed E-state index contributed by atoms with van der Waals surface area (Å²) in [5, 5.41) is 8.29. The minimum atomic E-state index is -0.733. The van der Waals surface area contributed by atoms with Crippen molar-refractivity contribution in [2.24, 2.45) is 5.73 Å². The van der Waals surface area contributed by atoms with Crippen LogP contribution in [0.3, 0.4) is 0 Å². The number of aliphatic carboxylic acids is 1. The summed E-state index contributed by atoms with van der Waals surface area (Å²) in [6.07, 6.45) is 3.75. The number of allylic oxidation sites excluding steroid dienone is 1. The SMILES string of the molecule is CC(=CCCCC(=O)O)CN. The molecule has 0 amide bonds. The molecule has 3 nitrogen and oxygen atoms in total. The Balaban J connectivity index is 3.33. The molecule has 0 aliphatic carbocycles. The molecule has 0 bridgehead atoms. The van der Waals surface area contributed by atoms with E-state index < -0.39 is 5.97 Å². The Morgan fingerprint density at radius 3 is 2.73 bits per heavy atom. The number of rotatable bonds is 5. The van der Waals surface area contributed by atoms with Crippen LogP contribution < -0.4 is 5.73 Å². The van der Waals surface area contributed by atoms with E-state index in [1.54, 1.807) is 0 Å². The summed E-state index contributed by atoms with van der Waals surface area (Å²) < 4.78 is 0. The van der Waals surface area contributed by atoms with E-state index >= 15 is 0 Å². The van der Waals surface area contributed by atoms with Crippen molar-refractivity contribution in [3.05, 3.63) is 11.6 Å². The smallest absolute Gasteiger partial charge is 0.303 e. The summed E-state index contributed by atoms with van der Waals surface area (Å²) in [5.74, 6) is -0.733. The molecule has 0 rings (SSSR count). The van der Waals surface area contributed by atoms with Crippen LogP contribution >= 0.6 is 0 Å². The maximum Gasteiger partial charge on any atom is 0.303 e. The molecule has 11 heavy (non-hydrogen) atoms. The zero-order valence-corrected chi connectivity index (χ0v) is 6.84. The van der Waals surface area contributed by atoms with E-state index in [0.717, 1.165) is 12.0 Å². The average molecular weight is 157 g/mol. The first-order chi connectivity index (χ1) is 5.16. The molecule has 3 N–H and O–H groups in total. The lowest BCUT2D eigenvalue weighted by molar-refractivity contribution is -0.137. The summed E-state index contributed by atoms with van der Waals surface area (Å²) in [4.78, 5) is 10.1. The van der Waals surface area contributed by atoms with Crippen LogP contribution in [0.5, 0.6) is 0 Å². The molecule has 0 aromatic carbocycles. The Hall–Kier alpha value is -0.830. The Morgan fingerprint density at radius 1 is 1.64 bits per heavy atom. The summed E-state index contributed by atoms with van der Waals surface area (Å²) in [6, 6.07) is 0. The Labute approximate surface area is 66.9 Å². The molecule has 3 heteroatoms. The van der Waals surface area contributed by atoms with E-state index in [0.29, 0.717) is 13.0 Å². The maximum atomic E-state index is 10.1. The lowest BCUT2D eigenvalue weighted by Gasteiger charge is -1.94. The lowest BCUT2D eigenvalue weighted by atomic mass is 10.2. The number of nitrogens with two attached hydrogens (primary N) is 1. The highest BCUT2D eigenvalue weighted by Gasteiger charge is 1.93. The standard InChI is InChI=1S/C8H15NO2/c1-7(6-9)4-2-3-5-8(10)11/h4H,2-3,5-6,9H2,1H3,(H,10,11). The van der Waals surface area contributed by atoms with Gasteiger partial charge in [0.15, 0.2) is 0 Å². The molecule has 0 spiro atoms. The number of carboxylic acids is 1. The van der Waals surface area contributed by atoms with Gasteiger partial charge in [0.1, 0.15) is 0 Å². The van der Waals surface area contributed by atoms with Crippen molar-refractivity contribution in [3.8, 4) is 0 Å². The molecule has 0 saturated heterocycles. The molecule has 0 aromatic heterocycles. The zero-order valence-electron chi connectivity index (χ0n) is 6.84. The van der Waals surface area contributed by atoms with Crippen LogP contribution in [0.1, 0.15) is 26.2 Å². The third-order valence-corrected chi connectivity index (χ3v) is 1.41. The molecule has 0 unspecified atom stereocenters. The fourth-order valence-electron chi connectivity index (χ4n) is 0.685. The molecular formula is C8H15NO2. The van der Waals surface area contributed by atoms with Crippen molar-refractivity contribution in [1.29, 1.82) is 0 Å². The number of unbranched alkanes of at least 4 members (excludes halogenated alkanes) is 1. The summed E-state index contributed by atoms with van der Waals surface area (Å²) in [6.45, 7) is 2.51. The number of carbonyl (C=O) groups is 1.